The number of alkyl halides is 1. The lowest BCUT2D eigenvalue weighted by molar-refractivity contribution is 0.144. The molecule has 13 heavy (non-hydrogen) atoms. The van der Waals surface area contributed by atoms with Gasteiger partial charge in [0, 0.05) is 12.6 Å². The Labute approximate surface area is 76.9 Å². The highest BCUT2D eigenvalue weighted by Gasteiger charge is 2.34. The minimum absolute atomic E-state index is 0.435. The Morgan fingerprint density at radius 1 is 1.77 bits per heavy atom. The lowest BCUT2D eigenvalue weighted by Gasteiger charge is -2.24. The molecule has 2 unspecified atom stereocenters. The molecule has 2 N–H and O–H groups in total. The van der Waals surface area contributed by atoms with Gasteiger partial charge in [0.15, 0.2) is 5.67 Å². The van der Waals surface area contributed by atoms with Crippen LogP contribution >= 0.6 is 0 Å². The minimum atomic E-state index is -1.57. The van der Waals surface area contributed by atoms with Gasteiger partial charge in [0.25, 0.3) is 0 Å². The van der Waals surface area contributed by atoms with Gasteiger partial charge in [0.05, 0.1) is 11.9 Å². The van der Waals surface area contributed by atoms with Crippen molar-refractivity contribution in [1.29, 1.82) is 0 Å². The lowest BCUT2D eigenvalue weighted by atomic mass is 9.97. The quantitative estimate of drug-likeness (QED) is 0.760. The number of halogens is 1. The average Bonchev–Trinajstić information content (AvgIpc) is 2.51. The summed E-state index contributed by atoms with van der Waals surface area (Å²) in [6, 6.07) is -0.573. The Kier molecular flexibility index (Phi) is 2.66. The van der Waals surface area contributed by atoms with E-state index in [9.17, 15) is 4.39 Å². The summed E-state index contributed by atoms with van der Waals surface area (Å²) in [6.07, 6.45) is 1.42. The summed E-state index contributed by atoms with van der Waals surface area (Å²) in [5.41, 5.74) is 4.41. The fraction of sp³-hybridized carbons (Fsp3) is 0.750. The van der Waals surface area contributed by atoms with Crippen LogP contribution in [0.15, 0.2) is 6.20 Å². The van der Waals surface area contributed by atoms with Crippen LogP contribution in [0.25, 0.3) is 0 Å². The highest BCUT2D eigenvalue weighted by atomic mass is 19.1. The van der Waals surface area contributed by atoms with Gasteiger partial charge >= 0.3 is 0 Å². The molecule has 74 valence electrons. The van der Waals surface area contributed by atoms with Crippen LogP contribution in [0, 0.1) is 0 Å². The van der Waals surface area contributed by atoms with Gasteiger partial charge in [0.1, 0.15) is 0 Å². The van der Waals surface area contributed by atoms with Crippen LogP contribution in [0.5, 0.6) is 0 Å². The third-order valence-electron chi connectivity index (χ3n) is 2.27. The van der Waals surface area contributed by atoms with Crippen LogP contribution < -0.4 is 5.73 Å². The molecule has 0 radical (unpaired) electrons. The second kappa shape index (κ2) is 3.41. The van der Waals surface area contributed by atoms with E-state index in [1.807, 2.05) is 6.92 Å². The third kappa shape index (κ3) is 1.70. The summed E-state index contributed by atoms with van der Waals surface area (Å²) in [4.78, 5) is 0. The van der Waals surface area contributed by atoms with Gasteiger partial charge in [-0.15, -0.1) is 5.10 Å². The van der Waals surface area contributed by atoms with E-state index in [4.69, 9.17) is 5.73 Å². The van der Waals surface area contributed by atoms with Crippen molar-refractivity contribution in [1.82, 2.24) is 15.0 Å². The Morgan fingerprint density at radius 3 is 2.85 bits per heavy atom. The maximum Gasteiger partial charge on any atom is 0.165 e. The monoisotopic (exact) mass is 186 g/mol. The lowest BCUT2D eigenvalue weighted by Crippen LogP contribution is -2.38. The molecule has 0 spiro atoms. The van der Waals surface area contributed by atoms with Crippen LogP contribution in [0.3, 0.4) is 0 Å². The Bertz CT molecular complexity index is 279. The molecule has 0 fully saturated rings. The maximum atomic E-state index is 14.0. The van der Waals surface area contributed by atoms with Gasteiger partial charge in [0.2, 0.25) is 0 Å². The Balaban J connectivity index is 3.06. The van der Waals surface area contributed by atoms with Crippen molar-refractivity contribution in [3.63, 3.8) is 0 Å². The van der Waals surface area contributed by atoms with Gasteiger partial charge in [-0.05, 0) is 20.8 Å². The molecule has 2 atom stereocenters. The van der Waals surface area contributed by atoms with E-state index in [-0.39, 0.29) is 0 Å². The summed E-state index contributed by atoms with van der Waals surface area (Å²) in [5.74, 6) is 0. The standard InChI is InChI=1S/C8H15FN4/c1-4-13-7(5-11-12-13)8(3,9)6(2)10/h5-6H,4,10H2,1-3H3. The second-order valence-electron chi connectivity index (χ2n) is 3.30. The molecule has 0 aliphatic heterocycles. The highest BCUT2D eigenvalue weighted by molar-refractivity contribution is 5.09. The molecule has 0 saturated heterocycles. The predicted octanol–water partition coefficient (Wildman–Crippen LogP) is 0.830. The minimum Gasteiger partial charge on any atom is -0.325 e. The van der Waals surface area contributed by atoms with Crippen molar-refractivity contribution in [2.24, 2.45) is 5.73 Å². The average molecular weight is 186 g/mol. The van der Waals surface area contributed by atoms with Crippen molar-refractivity contribution < 1.29 is 4.39 Å². The number of hydrogen-bond acceptors (Lipinski definition) is 3. The van der Waals surface area contributed by atoms with Gasteiger partial charge in [-0.3, -0.25) is 0 Å². The molecule has 1 heterocycles. The zero-order valence-corrected chi connectivity index (χ0v) is 8.16. The number of nitrogens with two attached hydrogens (primary N) is 1. The topological polar surface area (TPSA) is 56.7 Å². The van der Waals surface area contributed by atoms with Crippen LogP contribution in [0.4, 0.5) is 4.39 Å². The van der Waals surface area contributed by atoms with Gasteiger partial charge in [-0.2, -0.15) is 0 Å². The molecule has 0 saturated carbocycles. The van der Waals surface area contributed by atoms with Crippen molar-refractivity contribution >= 4 is 0 Å². The van der Waals surface area contributed by atoms with Crippen molar-refractivity contribution in [2.45, 2.75) is 39.0 Å². The first-order chi connectivity index (χ1) is 6.00. The summed E-state index contributed by atoms with van der Waals surface area (Å²) in [5, 5.41) is 7.41. The smallest absolute Gasteiger partial charge is 0.165 e. The Hall–Kier alpha value is -0.970. The molecule has 0 amide bonds. The third-order valence-corrected chi connectivity index (χ3v) is 2.27. The number of aromatic nitrogens is 3. The van der Waals surface area contributed by atoms with E-state index in [2.05, 4.69) is 10.3 Å². The number of nitrogens with zero attached hydrogens (tertiary/aromatic N) is 3. The SMILES string of the molecule is CCn1nncc1C(C)(F)C(C)N. The van der Waals surface area contributed by atoms with Gasteiger partial charge < -0.3 is 5.73 Å². The molecular weight excluding hydrogens is 171 g/mol. The molecular formula is C8H15FN4. The highest BCUT2D eigenvalue weighted by Crippen LogP contribution is 2.27. The van der Waals surface area contributed by atoms with E-state index in [0.29, 0.717) is 12.2 Å². The van der Waals surface area contributed by atoms with E-state index < -0.39 is 11.7 Å². The largest absolute Gasteiger partial charge is 0.325 e. The second-order valence-corrected chi connectivity index (χ2v) is 3.30. The fourth-order valence-corrected chi connectivity index (χ4v) is 1.10. The summed E-state index contributed by atoms with van der Waals surface area (Å²) in [6.45, 7) is 5.56. The van der Waals surface area contributed by atoms with Crippen LogP contribution in [-0.4, -0.2) is 21.0 Å². The van der Waals surface area contributed by atoms with Gasteiger partial charge in [-0.1, -0.05) is 5.21 Å². The van der Waals surface area contributed by atoms with E-state index >= 15 is 0 Å². The van der Waals surface area contributed by atoms with Crippen LogP contribution in [0.1, 0.15) is 26.5 Å². The zero-order chi connectivity index (χ0) is 10.1. The van der Waals surface area contributed by atoms with Crippen LogP contribution in [-0.2, 0) is 12.2 Å². The first-order valence-corrected chi connectivity index (χ1v) is 4.33. The molecule has 0 aromatic carbocycles. The molecule has 4 nitrogen and oxygen atoms in total. The summed E-state index contributed by atoms with van der Waals surface area (Å²) in [7, 11) is 0. The van der Waals surface area contributed by atoms with E-state index in [1.54, 1.807) is 6.92 Å². The summed E-state index contributed by atoms with van der Waals surface area (Å²) < 4.78 is 15.5. The zero-order valence-electron chi connectivity index (χ0n) is 8.16. The van der Waals surface area contributed by atoms with Crippen LogP contribution in [0.2, 0.25) is 0 Å². The number of rotatable bonds is 3. The first kappa shape index (κ1) is 10.1. The molecule has 5 heteroatoms. The van der Waals surface area contributed by atoms with E-state index in [0.717, 1.165) is 0 Å². The molecule has 1 aromatic heterocycles. The predicted molar refractivity (Wildman–Crippen MR) is 47.8 cm³/mol. The Morgan fingerprint density at radius 2 is 2.38 bits per heavy atom. The van der Waals surface area contributed by atoms with Crippen molar-refractivity contribution in [2.75, 3.05) is 0 Å². The fourth-order valence-electron chi connectivity index (χ4n) is 1.10. The molecule has 0 bridgehead atoms. The first-order valence-electron chi connectivity index (χ1n) is 4.33. The normalized spacial score (nSPS) is 18.2. The summed E-state index contributed by atoms with van der Waals surface area (Å²) >= 11 is 0. The van der Waals surface area contributed by atoms with Crippen molar-refractivity contribution in [3.8, 4) is 0 Å². The molecule has 0 aliphatic carbocycles. The van der Waals surface area contributed by atoms with Gasteiger partial charge in [-0.25, -0.2) is 9.07 Å². The van der Waals surface area contributed by atoms with E-state index in [1.165, 1.54) is 17.8 Å². The van der Waals surface area contributed by atoms with Crippen molar-refractivity contribution in [3.05, 3.63) is 11.9 Å². The molecule has 1 rings (SSSR count). The molecule has 0 aliphatic rings. The number of aryl methyl sites for hydroxylation is 1. The maximum absolute atomic E-state index is 14.0. The molecule has 1 aromatic rings. The number of hydrogen-bond donors (Lipinski definition) is 1.